The van der Waals surface area contributed by atoms with Crippen LogP contribution in [-0.4, -0.2) is 31.5 Å². The van der Waals surface area contributed by atoms with Crippen LogP contribution in [0.4, 0.5) is 0 Å². The van der Waals surface area contributed by atoms with E-state index in [9.17, 15) is 4.79 Å². The molecular weight excluding hydrogens is 386 g/mol. The van der Waals surface area contributed by atoms with Gasteiger partial charge in [-0.25, -0.2) is 0 Å². The molecule has 0 aliphatic carbocycles. The van der Waals surface area contributed by atoms with Crippen molar-refractivity contribution in [3.8, 4) is 0 Å². The van der Waals surface area contributed by atoms with Crippen molar-refractivity contribution in [1.82, 2.24) is 20.4 Å². The number of rotatable bonds is 2. The zero-order valence-electron chi connectivity index (χ0n) is 12.3. The Morgan fingerprint density at radius 2 is 1.39 bits per heavy atom. The average Bonchev–Trinajstić information content (AvgIpc) is 2.53. The van der Waals surface area contributed by atoms with E-state index in [1.165, 1.54) is 0 Å². The smallest absolute Gasteiger partial charge is 0.303 e. The summed E-state index contributed by atoms with van der Waals surface area (Å²) in [6.45, 7) is 3.58. The molecule has 0 aromatic carbocycles. The van der Waals surface area contributed by atoms with Crippen molar-refractivity contribution in [3.05, 3.63) is 44.4 Å². The van der Waals surface area contributed by atoms with Crippen LogP contribution in [0.1, 0.15) is 25.8 Å². The number of hydrogen-bond donors (Lipinski definition) is 1. The van der Waals surface area contributed by atoms with Gasteiger partial charge in [-0.1, -0.05) is 60.3 Å². The van der Waals surface area contributed by atoms with Gasteiger partial charge in [0.25, 0.3) is 0 Å². The summed E-state index contributed by atoms with van der Waals surface area (Å²) in [5.41, 5.74) is 0.932. The van der Waals surface area contributed by atoms with E-state index in [1.807, 2.05) is 6.92 Å². The maximum atomic E-state index is 9.37. The fourth-order valence-electron chi connectivity index (χ4n) is 0.936. The summed E-state index contributed by atoms with van der Waals surface area (Å²) in [5, 5.41) is 23.4. The molecule has 6 nitrogen and oxygen atoms in total. The van der Waals surface area contributed by atoms with Gasteiger partial charge in [-0.05, 0) is 30.2 Å². The number of nitrogens with zero attached hydrogens (tertiary/aromatic N) is 4. The monoisotopic (exact) mass is 398 g/mol. The van der Waals surface area contributed by atoms with Crippen molar-refractivity contribution in [3.63, 3.8) is 0 Å². The highest BCUT2D eigenvalue weighted by atomic mass is 35.5. The SMILES string of the molecule is CCC(=O)O.CCc1cc(Cl)nnc1Cl.Clc1ccc(Cl)nn1. The molecule has 0 saturated carbocycles. The number of aromatic nitrogens is 4. The standard InChI is InChI=1S/C6H6Cl2N2.C4H2Cl2N2.C3H6O2/c1-2-4-3-5(7)9-10-6(4)8;5-3-1-2-4(6)8-7-3;1-2-3(4)5/h3H,2H2,1H3;1-2H;2H2,1H3,(H,4,5). The topological polar surface area (TPSA) is 88.9 Å². The van der Waals surface area contributed by atoms with E-state index in [4.69, 9.17) is 51.5 Å². The van der Waals surface area contributed by atoms with Gasteiger partial charge in [0.15, 0.2) is 20.6 Å². The lowest BCUT2D eigenvalue weighted by atomic mass is 10.2. The molecule has 1 N–H and O–H groups in total. The molecule has 0 radical (unpaired) electrons. The summed E-state index contributed by atoms with van der Waals surface area (Å²) in [7, 11) is 0. The number of carboxylic acids is 1. The van der Waals surface area contributed by atoms with Crippen LogP contribution >= 0.6 is 46.4 Å². The highest BCUT2D eigenvalue weighted by molar-refractivity contribution is 6.32. The molecule has 2 heterocycles. The van der Waals surface area contributed by atoms with Crippen LogP contribution in [0.3, 0.4) is 0 Å². The molecule has 126 valence electrons. The first kappa shape index (κ1) is 21.8. The summed E-state index contributed by atoms with van der Waals surface area (Å²) in [5.74, 6) is -0.745. The van der Waals surface area contributed by atoms with Crippen molar-refractivity contribution in [2.75, 3.05) is 0 Å². The summed E-state index contributed by atoms with van der Waals surface area (Å²) in [6.07, 6.45) is 1.05. The Balaban J connectivity index is 0.000000335. The predicted octanol–water partition coefficient (Wildman–Crippen LogP) is 4.61. The second-order valence-electron chi connectivity index (χ2n) is 3.76. The number of carbonyl (C=O) groups is 1. The third-order valence-electron chi connectivity index (χ3n) is 2.07. The second-order valence-corrected chi connectivity index (χ2v) is 5.28. The summed E-state index contributed by atoms with van der Waals surface area (Å²) < 4.78 is 0. The minimum absolute atomic E-state index is 0.222. The molecule has 0 atom stereocenters. The molecule has 0 aliphatic heterocycles. The van der Waals surface area contributed by atoms with Gasteiger partial charge in [0.05, 0.1) is 0 Å². The molecule has 0 unspecified atom stereocenters. The first-order chi connectivity index (χ1) is 10.8. The molecule has 2 aromatic heterocycles. The third-order valence-corrected chi connectivity index (χ3v) is 2.98. The van der Waals surface area contributed by atoms with Crippen LogP contribution in [0.5, 0.6) is 0 Å². The first-order valence-corrected chi connectivity index (χ1v) is 7.85. The van der Waals surface area contributed by atoms with Gasteiger partial charge < -0.3 is 5.11 Å². The van der Waals surface area contributed by atoms with Crippen molar-refractivity contribution in [1.29, 1.82) is 0 Å². The lowest BCUT2D eigenvalue weighted by Crippen LogP contribution is -1.89. The van der Waals surface area contributed by atoms with Crippen LogP contribution in [0.2, 0.25) is 20.6 Å². The van der Waals surface area contributed by atoms with Crippen LogP contribution < -0.4 is 0 Å². The van der Waals surface area contributed by atoms with Gasteiger partial charge in [-0.15, -0.1) is 20.4 Å². The lowest BCUT2D eigenvalue weighted by Gasteiger charge is -1.96. The first-order valence-electron chi connectivity index (χ1n) is 6.34. The van der Waals surface area contributed by atoms with Gasteiger partial charge >= 0.3 is 5.97 Å². The highest BCUT2D eigenvalue weighted by Gasteiger charge is 1.99. The number of aliphatic carboxylic acids is 1. The largest absolute Gasteiger partial charge is 0.481 e. The van der Waals surface area contributed by atoms with E-state index >= 15 is 0 Å². The highest BCUT2D eigenvalue weighted by Crippen LogP contribution is 2.15. The fourth-order valence-corrected chi connectivity index (χ4v) is 1.53. The van der Waals surface area contributed by atoms with Gasteiger partial charge in [0, 0.05) is 6.42 Å². The summed E-state index contributed by atoms with van der Waals surface area (Å²) in [4.78, 5) is 9.37. The van der Waals surface area contributed by atoms with E-state index in [0.717, 1.165) is 12.0 Å². The Bertz CT molecular complexity index is 590. The van der Waals surface area contributed by atoms with E-state index in [-0.39, 0.29) is 6.42 Å². The Hall–Kier alpha value is -1.21. The minimum atomic E-state index is -0.745. The summed E-state index contributed by atoms with van der Waals surface area (Å²) >= 11 is 22.0. The molecular formula is C13H14Cl4N4O2. The number of carboxylic acid groups (broad SMARTS) is 1. The summed E-state index contributed by atoms with van der Waals surface area (Å²) in [6, 6.07) is 4.88. The maximum absolute atomic E-state index is 9.37. The Kier molecular flexibility index (Phi) is 11.6. The zero-order valence-corrected chi connectivity index (χ0v) is 15.3. The number of hydrogen-bond acceptors (Lipinski definition) is 5. The van der Waals surface area contributed by atoms with Gasteiger partial charge in [0.1, 0.15) is 0 Å². The quantitative estimate of drug-likeness (QED) is 0.792. The van der Waals surface area contributed by atoms with Crippen LogP contribution in [0.15, 0.2) is 18.2 Å². The molecule has 0 saturated heterocycles. The molecule has 0 spiro atoms. The van der Waals surface area contributed by atoms with Crippen LogP contribution in [0.25, 0.3) is 0 Å². The molecule has 2 aromatic rings. The number of aryl methyl sites for hydroxylation is 1. The van der Waals surface area contributed by atoms with E-state index < -0.39 is 5.97 Å². The predicted molar refractivity (Wildman–Crippen MR) is 91.4 cm³/mol. The van der Waals surface area contributed by atoms with Gasteiger partial charge in [-0.2, -0.15) is 0 Å². The van der Waals surface area contributed by atoms with Crippen molar-refractivity contribution >= 4 is 52.4 Å². The Labute approximate surface area is 153 Å². The Morgan fingerprint density at radius 1 is 0.957 bits per heavy atom. The Morgan fingerprint density at radius 3 is 1.70 bits per heavy atom. The number of halogens is 4. The minimum Gasteiger partial charge on any atom is -0.481 e. The average molecular weight is 400 g/mol. The molecule has 0 amide bonds. The molecule has 10 heteroatoms. The van der Waals surface area contributed by atoms with E-state index in [0.29, 0.717) is 20.6 Å². The van der Waals surface area contributed by atoms with Gasteiger partial charge in [-0.3, -0.25) is 4.79 Å². The molecule has 0 bridgehead atoms. The maximum Gasteiger partial charge on any atom is 0.303 e. The van der Waals surface area contributed by atoms with E-state index in [2.05, 4.69) is 20.4 Å². The zero-order chi connectivity index (χ0) is 17.8. The second kappa shape index (κ2) is 12.2. The normalized spacial score (nSPS) is 9.13. The lowest BCUT2D eigenvalue weighted by molar-refractivity contribution is -0.136. The fraction of sp³-hybridized carbons (Fsp3) is 0.308. The van der Waals surface area contributed by atoms with Gasteiger partial charge in [0.2, 0.25) is 0 Å². The molecule has 2 rings (SSSR count). The molecule has 23 heavy (non-hydrogen) atoms. The van der Waals surface area contributed by atoms with Crippen molar-refractivity contribution in [2.45, 2.75) is 26.7 Å². The third kappa shape index (κ3) is 11.0. The van der Waals surface area contributed by atoms with Crippen LogP contribution in [0, 0.1) is 0 Å². The van der Waals surface area contributed by atoms with Crippen LogP contribution in [-0.2, 0) is 11.2 Å². The molecule has 0 fully saturated rings. The molecule has 0 aliphatic rings. The van der Waals surface area contributed by atoms with Crippen molar-refractivity contribution in [2.24, 2.45) is 0 Å². The van der Waals surface area contributed by atoms with Crippen molar-refractivity contribution < 1.29 is 9.90 Å². The van der Waals surface area contributed by atoms with E-state index in [1.54, 1.807) is 25.1 Å².